The minimum Gasteiger partial charge on any atom is -0.475 e. The van der Waals surface area contributed by atoms with E-state index < -0.39 is 11.9 Å². The van der Waals surface area contributed by atoms with Gasteiger partial charge in [-0.3, -0.25) is 9.59 Å². The van der Waals surface area contributed by atoms with Gasteiger partial charge in [0.05, 0.1) is 0 Å². The van der Waals surface area contributed by atoms with Crippen LogP contribution in [0, 0.1) is 0 Å². The van der Waals surface area contributed by atoms with Crippen LogP contribution in [0.4, 0.5) is 0 Å². The van der Waals surface area contributed by atoms with E-state index in [1.54, 1.807) is 0 Å². The summed E-state index contributed by atoms with van der Waals surface area (Å²) in [4.78, 5) is 36.0. The molecule has 0 bridgehead atoms. The van der Waals surface area contributed by atoms with Gasteiger partial charge < -0.3 is 19.7 Å². The monoisotopic (exact) mass is 294 g/mol. The van der Waals surface area contributed by atoms with Crippen molar-refractivity contribution in [3.8, 4) is 0 Å². The molecule has 0 aromatic carbocycles. The number of carbonyl (C=O) groups excluding carboxylic acids is 2. The summed E-state index contributed by atoms with van der Waals surface area (Å²) in [5.41, 5.74) is 0. The van der Waals surface area contributed by atoms with Crippen molar-refractivity contribution in [2.24, 2.45) is 0 Å². The zero-order valence-electron chi connectivity index (χ0n) is 11.6. The highest BCUT2D eigenvalue weighted by Gasteiger charge is 2.17. The maximum atomic E-state index is 11.9. The Morgan fingerprint density at radius 1 is 1.14 bits per heavy atom. The van der Waals surface area contributed by atoms with Gasteiger partial charge in [-0.25, -0.2) is 4.79 Å². The Morgan fingerprint density at radius 2 is 1.81 bits per heavy atom. The molecule has 0 unspecified atom stereocenters. The zero-order chi connectivity index (χ0) is 15.2. The topological polar surface area (TPSA) is 99.8 Å². The highest BCUT2D eigenvalue weighted by molar-refractivity contribution is 5.93. The van der Waals surface area contributed by atoms with Crippen LogP contribution in [0.2, 0.25) is 0 Å². The van der Waals surface area contributed by atoms with Crippen molar-refractivity contribution in [3.05, 3.63) is 23.7 Å². The summed E-state index contributed by atoms with van der Waals surface area (Å²) in [6, 6.07) is 2.52. The predicted molar refractivity (Wildman–Crippen MR) is 73.0 cm³/mol. The van der Waals surface area contributed by atoms with Crippen molar-refractivity contribution >= 4 is 17.8 Å². The number of piperidine rings is 1. The van der Waals surface area contributed by atoms with E-state index >= 15 is 0 Å². The number of furan rings is 1. The van der Waals surface area contributed by atoms with E-state index in [1.165, 1.54) is 12.1 Å². The number of nitrogens with one attached hydrogen (secondary N) is 1. The Hall–Kier alpha value is -2.31. The smallest absolute Gasteiger partial charge is 0.371 e. The second kappa shape index (κ2) is 6.92. The highest BCUT2D eigenvalue weighted by atomic mass is 16.4. The first kappa shape index (κ1) is 15.1. The summed E-state index contributed by atoms with van der Waals surface area (Å²) in [6.45, 7) is 1.77. The van der Waals surface area contributed by atoms with Crippen molar-refractivity contribution in [3.63, 3.8) is 0 Å². The molecule has 7 heteroatoms. The van der Waals surface area contributed by atoms with E-state index in [4.69, 9.17) is 9.52 Å². The van der Waals surface area contributed by atoms with Crippen molar-refractivity contribution < 1.29 is 23.9 Å². The first-order chi connectivity index (χ1) is 10.1. The molecule has 0 aliphatic carbocycles. The molecule has 2 heterocycles. The van der Waals surface area contributed by atoms with Crippen LogP contribution < -0.4 is 5.32 Å². The van der Waals surface area contributed by atoms with Crippen molar-refractivity contribution in [1.29, 1.82) is 0 Å². The van der Waals surface area contributed by atoms with E-state index in [2.05, 4.69) is 5.32 Å². The number of hydrogen-bond acceptors (Lipinski definition) is 4. The first-order valence-electron chi connectivity index (χ1n) is 6.97. The van der Waals surface area contributed by atoms with Gasteiger partial charge in [-0.2, -0.15) is 0 Å². The lowest BCUT2D eigenvalue weighted by Crippen LogP contribution is -2.37. The second-order valence-corrected chi connectivity index (χ2v) is 4.92. The Kier molecular flexibility index (Phi) is 4.97. The molecule has 2 rings (SSSR count). The molecular formula is C14H18N2O5. The summed E-state index contributed by atoms with van der Waals surface area (Å²) in [5, 5.41) is 11.2. The Labute approximate surface area is 121 Å². The average Bonchev–Trinajstić information content (AvgIpc) is 2.98. The van der Waals surface area contributed by atoms with Gasteiger partial charge in [0.2, 0.25) is 11.7 Å². The number of carboxylic acid groups (broad SMARTS) is 1. The minimum absolute atomic E-state index is 0.0284. The number of carboxylic acids is 1. The normalized spacial score (nSPS) is 14.8. The van der Waals surface area contributed by atoms with Gasteiger partial charge in [-0.05, 0) is 31.4 Å². The zero-order valence-corrected chi connectivity index (χ0v) is 11.6. The lowest BCUT2D eigenvalue weighted by molar-refractivity contribution is -0.131. The molecule has 2 amide bonds. The molecule has 21 heavy (non-hydrogen) atoms. The van der Waals surface area contributed by atoms with Crippen LogP contribution in [0.3, 0.4) is 0 Å². The summed E-state index contributed by atoms with van der Waals surface area (Å²) in [6.07, 6.45) is 3.45. The molecule has 7 nitrogen and oxygen atoms in total. The van der Waals surface area contributed by atoms with Crippen LogP contribution in [0.25, 0.3) is 0 Å². The number of nitrogens with zero attached hydrogens (tertiary/aromatic N) is 1. The molecule has 2 N–H and O–H groups in total. The highest BCUT2D eigenvalue weighted by Crippen LogP contribution is 2.10. The van der Waals surface area contributed by atoms with Gasteiger partial charge in [0.15, 0.2) is 5.76 Å². The van der Waals surface area contributed by atoms with Crippen LogP contribution in [-0.2, 0) is 4.79 Å². The van der Waals surface area contributed by atoms with Crippen LogP contribution in [0.1, 0.15) is 46.8 Å². The molecule has 1 aliphatic rings. The van der Waals surface area contributed by atoms with Gasteiger partial charge in [-0.1, -0.05) is 0 Å². The Balaban J connectivity index is 1.75. The minimum atomic E-state index is -1.23. The average molecular weight is 294 g/mol. The largest absolute Gasteiger partial charge is 0.475 e. The molecule has 1 aromatic rings. The van der Waals surface area contributed by atoms with Gasteiger partial charge in [0, 0.05) is 26.1 Å². The molecule has 0 atom stereocenters. The van der Waals surface area contributed by atoms with E-state index in [-0.39, 0.29) is 30.4 Å². The molecule has 0 radical (unpaired) electrons. The van der Waals surface area contributed by atoms with E-state index in [9.17, 15) is 14.4 Å². The molecule has 1 aliphatic heterocycles. The summed E-state index contributed by atoms with van der Waals surface area (Å²) >= 11 is 0. The number of hydrogen-bond donors (Lipinski definition) is 2. The van der Waals surface area contributed by atoms with Crippen LogP contribution in [-0.4, -0.2) is 47.4 Å². The van der Waals surface area contributed by atoms with Crippen LogP contribution >= 0.6 is 0 Å². The van der Waals surface area contributed by atoms with Gasteiger partial charge in [0.1, 0.15) is 0 Å². The fraction of sp³-hybridized carbons (Fsp3) is 0.500. The summed E-state index contributed by atoms with van der Waals surface area (Å²) in [5.74, 6) is -2.08. The molecule has 114 valence electrons. The molecule has 0 saturated carbocycles. The third-order valence-corrected chi connectivity index (χ3v) is 3.37. The lowest BCUT2D eigenvalue weighted by Gasteiger charge is -2.26. The van der Waals surface area contributed by atoms with Crippen LogP contribution in [0.5, 0.6) is 0 Å². The first-order valence-corrected chi connectivity index (χ1v) is 6.97. The Morgan fingerprint density at radius 3 is 2.43 bits per heavy atom. The summed E-state index contributed by atoms with van der Waals surface area (Å²) in [7, 11) is 0. The third-order valence-electron chi connectivity index (χ3n) is 3.37. The predicted octanol–water partition coefficient (Wildman–Crippen LogP) is 1.11. The van der Waals surface area contributed by atoms with Gasteiger partial charge in [-0.15, -0.1) is 0 Å². The Bertz CT molecular complexity index is 531. The SMILES string of the molecule is O=C(O)c1ccc(C(=O)NCCC(=O)N2CCCCC2)o1. The summed E-state index contributed by atoms with van der Waals surface area (Å²) < 4.78 is 4.87. The van der Waals surface area contributed by atoms with Crippen molar-refractivity contribution in [1.82, 2.24) is 10.2 Å². The number of carbonyl (C=O) groups is 3. The fourth-order valence-electron chi connectivity index (χ4n) is 2.25. The van der Waals surface area contributed by atoms with E-state index in [0.29, 0.717) is 0 Å². The maximum Gasteiger partial charge on any atom is 0.371 e. The molecule has 1 saturated heterocycles. The quantitative estimate of drug-likeness (QED) is 0.847. The van der Waals surface area contributed by atoms with E-state index in [0.717, 1.165) is 32.4 Å². The second-order valence-electron chi connectivity index (χ2n) is 4.92. The maximum absolute atomic E-state index is 11.9. The number of aromatic carboxylic acids is 1. The molecule has 1 fully saturated rings. The molecule has 1 aromatic heterocycles. The van der Waals surface area contributed by atoms with E-state index in [1.807, 2.05) is 4.90 Å². The van der Waals surface area contributed by atoms with Crippen molar-refractivity contribution in [2.45, 2.75) is 25.7 Å². The number of rotatable bonds is 5. The number of amides is 2. The lowest BCUT2D eigenvalue weighted by atomic mass is 10.1. The molecule has 0 spiro atoms. The van der Waals surface area contributed by atoms with Crippen LogP contribution in [0.15, 0.2) is 16.5 Å². The number of likely N-dealkylation sites (tertiary alicyclic amines) is 1. The van der Waals surface area contributed by atoms with Gasteiger partial charge >= 0.3 is 5.97 Å². The fourth-order valence-corrected chi connectivity index (χ4v) is 2.25. The van der Waals surface area contributed by atoms with Crippen molar-refractivity contribution in [2.75, 3.05) is 19.6 Å². The third kappa shape index (κ3) is 4.08. The standard InChI is InChI=1S/C14H18N2O5/c17-12(16-8-2-1-3-9-16)6-7-15-13(18)10-4-5-11(21-10)14(19)20/h4-5H,1-3,6-9H2,(H,15,18)(H,19,20). The molecular weight excluding hydrogens is 276 g/mol. The van der Waals surface area contributed by atoms with Gasteiger partial charge in [0.25, 0.3) is 5.91 Å².